The highest BCUT2D eigenvalue weighted by atomic mass is 32.1. The normalized spacial score (nSPS) is 10.5. The van der Waals surface area contributed by atoms with Crippen LogP contribution in [0.4, 0.5) is 5.13 Å². The van der Waals surface area contributed by atoms with Crippen molar-refractivity contribution in [3.05, 3.63) is 39.5 Å². The molecule has 2 heterocycles. The quantitative estimate of drug-likeness (QED) is 0.908. The number of nitrogens with one attached hydrogen (secondary N) is 1. The van der Waals surface area contributed by atoms with Crippen molar-refractivity contribution in [2.45, 2.75) is 33.2 Å². The molecule has 106 valence electrons. The molecule has 7 heteroatoms. The largest absolute Gasteiger partial charge is 0.300 e. The predicted molar refractivity (Wildman–Crippen MR) is 78.0 cm³/mol. The number of carbonyl (C=O) groups excluding carboxylic acids is 1. The summed E-state index contributed by atoms with van der Waals surface area (Å²) in [7, 11) is 0. The Balaban J connectivity index is 2.02. The van der Waals surface area contributed by atoms with Gasteiger partial charge in [0.05, 0.1) is 12.0 Å². The Morgan fingerprint density at radius 2 is 2.30 bits per heavy atom. The molecule has 20 heavy (non-hydrogen) atoms. The summed E-state index contributed by atoms with van der Waals surface area (Å²) in [6, 6.07) is 1.48. The van der Waals surface area contributed by atoms with E-state index >= 15 is 0 Å². The molecule has 0 saturated carbocycles. The van der Waals surface area contributed by atoms with Crippen molar-refractivity contribution in [2.75, 3.05) is 5.32 Å². The van der Waals surface area contributed by atoms with Crippen molar-refractivity contribution < 1.29 is 4.79 Å². The highest BCUT2D eigenvalue weighted by Crippen LogP contribution is 2.14. The van der Waals surface area contributed by atoms with Crippen molar-refractivity contribution in [3.8, 4) is 0 Å². The van der Waals surface area contributed by atoms with Crippen LogP contribution >= 0.6 is 11.3 Å². The molecule has 0 bridgehead atoms. The number of hydrogen-bond acceptors (Lipinski definition) is 5. The molecule has 0 spiro atoms. The third-order valence-electron chi connectivity index (χ3n) is 2.62. The Labute approximate surface area is 120 Å². The maximum atomic E-state index is 11.8. The van der Waals surface area contributed by atoms with E-state index in [1.807, 2.05) is 19.2 Å². The van der Waals surface area contributed by atoms with Gasteiger partial charge in [0.1, 0.15) is 6.54 Å². The number of aromatic nitrogens is 3. The summed E-state index contributed by atoms with van der Waals surface area (Å²) < 4.78 is 1.29. The molecule has 0 aliphatic heterocycles. The van der Waals surface area contributed by atoms with E-state index in [9.17, 15) is 9.59 Å². The summed E-state index contributed by atoms with van der Waals surface area (Å²) in [5.41, 5.74) is 1.40. The van der Waals surface area contributed by atoms with Crippen LogP contribution in [0, 0.1) is 6.92 Å². The number of aryl methyl sites for hydroxylation is 2. The van der Waals surface area contributed by atoms with E-state index in [1.54, 1.807) is 0 Å². The van der Waals surface area contributed by atoms with Crippen LogP contribution in [0.5, 0.6) is 0 Å². The third-order valence-corrected chi connectivity index (χ3v) is 3.50. The molecule has 0 atom stereocenters. The number of thiazole rings is 1. The summed E-state index contributed by atoms with van der Waals surface area (Å²) in [5, 5.41) is 5.05. The zero-order valence-corrected chi connectivity index (χ0v) is 12.2. The van der Waals surface area contributed by atoms with E-state index in [0.717, 1.165) is 24.2 Å². The van der Waals surface area contributed by atoms with Gasteiger partial charge in [0.2, 0.25) is 5.91 Å². The van der Waals surface area contributed by atoms with Gasteiger partial charge in [-0.05, 0) is 13.3 Å². The number of anilines is 1. The average molecular weight is 292 g/mol. The lowest BCUT2D eigenvalue weighted by molar-refractivity contribution is -0.116. The SMILES string of the molecule is CCCc1cc(=O)n(CC(=O)Nc2nc(C)cs2)cn1. The number of amides is 1. The molecule has 0 fully saturated rings. The fraction of sp³-hybridized carbons (Fsp3) is 0.385. The van der Waals surface area contributed by atoms with Gasteiger partial charge in [0.15, 0.2) is 5.13 Å². The Bertz CT molecular complexity index is 662. The standard InChI is InChI=1S/C13H16N4O2S/c1-3-4-10-5-12(19)17(8-14-10)6-11(18)16-13-15-9(2)7-20-13/h5,7-8H,3-4,6H2,1-2H3,(H,15,16,18). The first-order valence-electron chi connectivity index (χ1n) is 6.36. The van der Waals surface area contributed by atoms with Crippen LogP contribution in [0.15, 0.2) is 22.6 Å². The molecule has 6 nitrogen and oxygen atoms in total. The number of nitrogens with zero attached hydrogens (tertiary/aromatic N) is 3. The van der Waals surface area contributed by atoms with Gasteiger partial charge in [-0.1, -0.05) is 13.3 Å². The lowest BCUT2D eigenvalue weighted by Gasteiger charge is -2.05. The van der Waals surface area contributed by atoms with Crippen LogP contribution in [0.3, 0.4) is 0 Å². The van der Waals surface area contributed by atoms with Crippen LogP contribution in [-0.2, 0) is 17.8 Å². The van der Waals surface area contributed by atoms with Gasteiger partial charge in [0.25, 0.3) is 5.56 Å². The van der Waals surface area contributed by atoms with Crippen LogP contribution in [0.25, 0.3) is 0 Å². The maximum absolute atomic E-state index is 11.8. The topological polar surface area (TPSA) is 76.9 Å². The first-order chi connectivity index (χ1) is 9.58. The van der Waals surface area contributed by atoms with Crippen molar-refractivity contribution in [3.63, 3.8) is 0 Å². The molecule has 2 aromatic rings. The van der Waals surface area contributed by atoms with Gasteiger partial charge >= 0.3 is 0 Å². The zero-order valence-electron chi connectivity index (χ0n) is 11.4. The van der Waals surface area contributed by atoms with E-state index in [1.165, 1.54) is 28.3 Å². The van der Waals surface area contributed by atoms with Gasteiger partial charge in [-0.2, -0.15) is 0 Å². The highest BCUT2D eigenvalue weighted by molar-refractivity contribution is 7.13. The number of hydrogen-bond donors (Lipinski definition) is 1. The van der Waals surface area contributed by atoms with Gasteiger partial charge in [-0.3, -0.25) is 14.2 Å². The fourth-order valence-electron chi connectivity index (χ4n) is 1.70. The highest BCUT2D eigenvalue weighted by Gasteiger charge is 2.08. The molecule has 1 N–H and O–H groups in total. The van der Waals surface area contributed by atoms with Crippen molar-refractivity contribution >= 4 is 22.4 Å². The molecule has 0 aliphatic rings. The van der Waals surface area contributed by atoms with E-state index in [0.29, 0.717) is 5.13 Å². The fourth-order valence-corrected chi connectivity index (χ4v) is 2.40. The Kier molecular flexibility index (Phi) is 4.62. The summed E-state index contributed by atoms with van der Waals surface area (Å²) in [4.78, 5) is 32.0. The van der Waals surface area contributed by atoms with Crippen molar-refractivity contribution in [2.24, 2.45) is 0 Å². The van der Waals surface area contributed by atoms with E-state index in [2.05, 4.69) is 15.3 Å². The second kappa shape index (κ2) is 6.42. The smallest absolute Gasteiger partial charge is 0.253 e. The maximum Gasteiger partial charge on any atom is 0.253 e. The Morgan fingerprint density at radius 3 is 2.90 bits per heavy atom. The monoisotopic (exact) mass is 292 g/mol. The van der Waals surface area contributed by atoms with Gasteiger partial charge in [-0.15, -0.1) is 11.3 Å². The van der Waals surface area contributed by atoms with E-state index < -0.39 is 0 Å². The summed E-state index contributed by atoms with van der Waals surface area (Å²) >= 11 is 1.36. The molecule has 2 aromatic heterocycles. The van der Waals surface area contributed by atoms with Crippen molar-refractivity contribution in [1.82, 2.24) is 14.5 Å². The molecule has 1 amide bonds. The van der Waals surface area contributed by atoms with E-state index in [4.69, 9.17) is 0 Å². The summed E-state index contributed by atoms with van der Waals surface area (Å²) in [5.74, 6) is -0.286. The molecule has 0 aromatic carbocycles. The first-order valence-corrected chi connectivity index (χ1v) is 7.24. The number of carbonyl (C=O) groups is 1. The van der Waals surface area contributed by atoms with Crippen molar-refractivity contribution in [1.29, 1.82) is 0 Å². The first kappa shape index (κ1) is 14.4. The molecular weight excluding hydrogens is 276 g/mol. The Morgan fingerprint density at radius 1 is 1.50 bits per heavy atom. The number of rotatable bonds is 5. The minimum absolute atomic E-state index is 0.0587. The summed E-state index contributed by atoms with van der Waals surface area (Å²) in [6.07, 6.45) is 3.11. The van der Waals surface area contributed by atoms with Gasteiger partial charge in [-0.25, -0.2) is 9.97 Å². The minimum Gasteiger partial charge on any atom is -0.300 e. The Hall–Kier alpha value is -2.02. The van der Waals surface area contributed by atoms with Crippen LogP contribution < -0.4 is 10.9 Å². The summed E-state index contributed by atoms with van der Waals surface area (Å²) in [6.45, 7) is 3.82. The molecule has 0 unspecified atom stereocenters. The lowest BCUT2D eigenvalue weighted by atomic mass is 10.2. The second-order valence-corrected chi connectivity index (χ2v) is 5.30. The zero-order chi connectivity index (χ0) is 14.5. The van der Waals surface area contributed by atoms with Crippen LogP contribution in [-0.4, -0.2) is 20.4 Å². The van der Waals surface area contributed by atoms with Crippen LogP contribution in [0.1, 0.15) is 24.7 Å². The predicted octanol–water partition coefficient (Wildman–Crippen LogP) is 1.60. The average Bonchev–Trinajstić information content (AvgIpc) is 2.78. The third kappa shape index (κ3) is 3.74. The molecule has 0 saturated heterocycles. The molecule has 0 radical (unpaired) electrons. The molecule has 0 aliphatic carbocycles. The van der Waals surface area contributed by atoms with E-state index in [-0.39, 0.29) is 18.0 Å². The molecule has 2 rings (SSSR count). The lowest BCUT2D eigenvalue weighted by Crippen LogP contribution is -2.27. The second-order valence-electron chi connectivity index (χ2n) is 4.44. The van der Waals surface area contributed by atoms with Crippen LogP contribution in [0.2, 0.25) is 0 Å². The molecular formula is C13H16N4O2S. The minimum atomic E-state index is -0.286. The van der Waals surface area contributed by atoms with Gasteiger partial charge < -0.3 is 5.32 Å². The van der Waals surface area contributed by atoms with Gasteiger partial charge in [0, 0.05) is 17.1 Å².